The maximum Gasteiger partial charge on any atom is 0.167 e. The van der Waals surface area contributed by atoms with Crippen molar-refractivity contribution in [1.29, 1.82) is 0 Å². The Morgan fingerprint density at radius 2 is 1.79 bits per heavy atom. The maximum absolute atomic E-state index is 11.9. The predicted molar refractivity (Wildman–Crippen MR) is 113 cm³/mol. The van der Waals surface area contributed by atoms with Crippen LogP contribution in [0.1, 0.15) is 27.2 Å². The molecule has 0 radical (unpaired) electrons. The van der Waals surface area contributed by atoms with Crippen LogP contribution >= 0.6 is 11.6 Å². The number of aromatic nitrogens is 1. The van der Waals surface area contributed by atoms with Crippen molar-refractivity contribution in [1.82, 2.24) is 4.40 Å². The molecule has 0 saturated heterocycles. The van der Waals surface area contributed by atoms with Crippen LogP contribution in [0.25, 0.3) is 16.6 Å². The quantitative estimate of drug-likeness (QED) is 0.377. The number of benzene rings is 2. The smallest absolute Gasteiger partial charge is 0.167 e. The molecule has 140 valence electrons. The molecule has 2 heterocycles. The van der Waals surface area contributed by atoms with Crippen LogP contribution < -0.4 is 4.74 Å². The molecule has 4 heteroatoms. The SMILES string of the molecule is Cc1ccn2c(C=O)c(-c3cc(Cl)c(C)cc3OCc3ccccc3)cc2c1. The zero-order chi connectivity index (χ0) is 19.7. The predicted octanol–water partition coefficient (Wildman–Crippen LogP) is 6.27. The summed E-state index contributed by atoms with van der Waals surface area (Å²) in [5, 5.41) is 0.644. The van der Waals surface area contributed by atoms with Gasteiger partial charge < -0.3 is 9.14 Å². The van der Waals surface area contributed by atoms with Crippen LogP contribution in [0.5, 0.6) is 5.75 Å². The first-order valence-corrected chi connectivity index (χ1v) is 9.49. The topological polar surface area (TPSA) is 30.7 Å². The Kier molecular flexibility index (Phi) is 4.93. The maximum atomic E-state index is 11.9. The molecule has 0 spiro atoms. The fourth-order valence-electron chi connectivity index (χ4n) is 3.37. The van der Waals surface area contributed by atoms with Crippen LogP contribution in [0.4, 0.5) is 0 Å². The van der Waals surface area contributed by atoms with Gasteiger partial charge in [0.1, 0.15) is 12.4 Å². The van der Waals surface area contributed by atoms with Gasteiger partial charge in [-0.2, -0.15) is 0 Å². The summed E-state index contributed by atoms with van der Waals surface area (Å²) in [7, 11) is 0. The molecule has 0 fully saturated rings. The van der Waals surface area contributed by atoms with Crippen LogP contribution in [0.15, 0.2) is 66.9 Å². The van der Waals surface area contributed by atoms with Gasteiger partial charge in [-0.1, -0.05) is 41.9 Å². The van der Waals surface area contributed by atoms with Gasteiger partial charge in [-0.15, -0.1) is 0 Å². The van der Waals surface area contributed by atoms with Crippen molar-refractivity contribution in [3.63, 3.8) is 0 Å². The molecule has 0 unspecified atom stereocenters. The molecule has 28 heavy (non-hydrogen) atoms. The molecular weight excluding hydrogens is 370 g/mol. The molecule has 0 aliphatic rings. The van der Waals surface area contributed by atoms with Gasteiger partial charge in [0.25, 0.3) is 0 Å². The molecule has 2 aromatic carbocycles. The van der Waals surface area contributed by atoms with E-state index < -0.39 is 0 Å². The number of hydrogen-bond acceptors (Lipinski definition) is 2. The summed E-state index contributed by atoms with van der Waals surface area (Å²) >= 11 is 6.42. The number of carbonyl (C=O) groups excluding carboxylic acids is 1. The van der Waals surface area contributed by atoms with E-state index in [4.69, 9.17) is 16.3 Å². The number of ether oxygens (including phenoxy) is 1. The Bertz CT molecular complexity index is 1160. The van der Waals surface area contributed by atoms with E-state index in [-0.39, 0.29) is 0 Å². The summed E-state index contributed by atoms with van der Waals surface area (Å²) in [6.45, 7) is 4.42. The van der Waals surface area contributed by atoms with E-state index in [1.807, 2.05) is 79.0 Å². The van der Waals surface area contributed by atoms with E-state index in [0.29, 0.717) is 23.1 Å². The Balaban J connectivity index is 1.84. The van der Waals surface area contributed by atoms with Gasteiger partial charge in [-0.3, -0.25) is 4.79 Å². The Labute approximate surface area is 169 Å². The first-order valence-electron chi connectivity index (χ1n) is 9.11. The largest absolute Gasteiger partial charge is 0.488 e. The molecule has 0 saturated carbocycles. The zero-order valence-corrected chi connectivity index (χ0v) is 16.5. The average Bonchev–Trinajstić information content (AvgIpc) is 3.06. The standard InChI is InChI=1S/C24H20ClNO2/c1-16-8-9-26-19(10-16)12-20(23(26)14-27)21-13-22(25)17(2)11-24(21)28-15-18-6-4-3-5-7-18/h3-14H,15H2,1-2H3. The molecule has 0 amide bonds. The number of nitrogens with zero attached hydrogens (tertiary/aromatic N) is 1. The molecule has 2 aromatic heterocycles. The van der Waals surface area contributed by atoms with Crippen molar-refractivity contribution in [2.75, 3.05) is 0 Å². The van der Waals surface area contributed by atoms with Crippen molar-refractivity contribution in [2.24, 2.45) is 0 Å². The van der Waals surface area contributed by atoms with Crippen LogP contribution in [0, 0.1) is 13.8 Å². The van der Waals surface area contributed by atoms with Crippen LogP contribution in [-0.4, -0.2) is 10.7 Å². The van der Waals surface area contributed by atoms with Crippen LogP contribution in [-0.2, 0) is 6.61 Å². The van der Waals surface area contributed by atoms with E-state index in [9.17, 15) is 4.79 Å². The lowest BCUT2D eigenvalue weighted by molar-refractivity contribution is 0.111. The number of carbonyl (C=O) groups is 1. The van der Waals surface area contributed by atoms with Crippen LogP contribution in [0.2, 0.25) is 5.02 Å². The lowest BCUT2D eigenvalue weighted by Gasteiger charge is -2.14. The minimum absolute atomic E-state index is 0.442. The summed E-state index contributed by atoms with van der Waals surface area (Å²) < 4.78 is 8.04. The number of pyridine rings is 1. The average molecular weight is 390 g/mol. The van der Waals surface area contributed by atoms with Gasteiger partial charge in [-0.25, -0.2) is 0 Å². The highest BCUT2D eigenvalue weighted by molar-refractivity contribution is 6.31. The second kappa shape index (κ2) is 7.53. The molecule has 3 nitrogen and oxygen atoms in total. The molecule has 4 aromatic rings. The first-order chi connectivity index (χ1) is 13.6. The van der Waals surface area contributed by atoms with Crippen molar-refractivity contribution >= 4 is 23.4 Å². The summed E-state index contributed by atoms with van der Waals surface area (Å²) in [6.07, 6.45) is 2.80. The highest BCUT2D eigenvalue weighted by Gasteiger charge is 2.17. The molecule has 0 aliphatic carbocycles. The minimum atomic E-state index is 0.442. The second-order valence-electron chi connectivity index (χ2n) is 6.93. The summed E-state index contributed by atoms with van der Waals surface area (Å²) in [6, 6.07) is 19.9. The minimum Gasteiger partial charge on any atom is -0.488 e. The number of fused-ring (bicyclic) bond motifs is 1. The number of hydrogen-bond donors (Lipinski definition) is 0. The molecule has 0 atom stereocenters. The normalized spacial score (nSPS) is 11.0. The molecule has 4 rings (SSSR count). The second-order valence-corrected chi connectivity index (χ2v) is 7.34. The fraction of sp³-hybridized carbons (Fsp3) is 0.125. The van der Waals surface area contributed by atoms with E-state index >= 15 is 0 Å². The molecule has 0 aliphatic heterocycles. The summed E-state index contributed by atoms with van der Waals surface area (Å²) in [5.74, 6) is 0.710. The van der Waals surface area contributed by atoms with Crippen molar-refractivity contribution < 1.29 is 9.53 Å². The highest BCUT2D eigenvalue weighted by atomic mass is 35.5. The third-order valence-electron chi connectivity index (χ3n) is 4.87. The van der Waals surface area contributed by atoms with Crippen LogP contribution in [0.3, 0.4) is 0 Å². The third-order valence-corrected chi connectivity index (χ3v) is 5.27. The summed E-state index contributed by atoms with van der Waals surface area (Å²) in [4.78, 5) is 11.9. The number of aryl methyl sites for hydroxylation is 2. The van der Waals surface area contributed by atoms with Crippen molar-refractivity contribution in [3.05, 3.63) is 94.3 Å². The van der Waals surface area contributed by atoms with E-state index in [1.165, 1.54) is 0 Å². The third kappa shape index (κ3) is 3.41. The van der Waals surface area contributed by atoms with Crippen molar-refractivity contribution in [2.45, 2.75) is 20.5 Å². The molecule has 0 bridgehead atoms. The van der Waals surface area contributed by atoms with Gasteiger partial charge >= 0.3 is 0 Å². The van der Waals surface area contributed by atoms with Gasteiger partial charge in [0.05, 0.1) is 5.69 Å². The Morgan fingerprint density at radius 1 is 1.00 bits per heavy atom. The van der Waals surface area contributed by atoms with E-state index in [0.717, 1.165) is 39.6 Å². The highest BCUT2D eigenvalue weighted by Crippen LogP contribution is 2.38. The van der Waals surface area contributed by atoms with Crippen molar-refractivity contribution in [3.8, 4) is 16.9 Å². The molecule has 0 N–H and O–H groups in total. The number of halogens is 1. The number of rotatable bonds is 5. The van der Waals surface area contributed by atoms with Gasteiger partial charge in [0.2, 0.25) is 0 Å². The lowest BCUT2D eigenvalue weighted by atomic mass is 10.0. The first kappa shape index (κ1) is 18.3. The fourth-order valence-corrected chi connectivity index (χ4v) is 3.53. The van der Waals surface area contributed by atoms with Gasteiger partial charge in [0.15, 0.2) is 6.29 Å². The van der Waals surface area contributed by atoms with E-state index in [2.05, 4.69) is 6.07 Å². The Morgan fingerprint density at radius 3 is 2.54 bits per heavy atom. The summed E-state index contributed by atoms with van der Waals surface area (Å²) in [5.41, 5.74) is 6.31. The zero-order valence-electron chi connectivity index (χ0n) is 15.8. The van der Waals surface area contributed by atoms with Gasteiger partial charge in [0, 0.05) is 27.9 Å². The molecular formula is C24H20ClNO2. The Hall–Kier alpha value is -3.04. The number of aldehydes is 1. The van der Waals surface area contributed by atoms with E-state index in [1.54, 1.807) is 0 Å². The van der Waals surface area contributed by atoms with Gasteiger partial charge in [-0.05, 0) is 60.9 Å². The lowest BCUT2D eigenvalue weighted by Crippen LogP contribution is -1.99. The monoisotopic (exact) mass is 389 g/mol.